The second-order valence-corrected chi connectivity index (χ2v) is 8.65. The molecule has 2 aromatic carbocycles. The Morgan fingerprint density at radius 1 is 1.09 bits per heavy atom. The molecule has 2 aliphatic rings. The van der Waals surface area contributed by atoms with Crippen LogP contribution in [0, 0.1) is 5.92 Å². The van der Waals surface area contributed by atoms with Crippen molar-refractivity contribution in [2.75, 3.05) is 44.2 Å². The molecule has 2 aromatic rings. The number of nitrogens with one attached hydrogen (secondary N) is 2. The minimum Gasteiger partial charge on any atom is -0.357 e. The summed E-state index contributed by atoms with van der Waals surface area (Å²) < 4.78 is 0. The first kappa shape index (κ1) is 22.8. The fraction of sp³-hybridized carbons (Fsp3) is 0.423. The van der Waals surface area contributed by atoms with E-state index in [9.17, 15) is 9.59 Å². The van der Waals surface area contributed by atoms with Crippen LogP contribution in [0.3, 0.4) is 0 Å². The molecule has 0 radical (unpaired) electrons. The lowest BCUT2D eigenvalue weighted by Gasteiger charge is -2.18. The molecule has 1 unspecified atom stereocenters. The van der Waals surface area contributed by atoms with E-state index in [4.69, 9.17) is 0 Å². The molecule has 0 aromatic heterocycles. The zero-order valence-electron chi connectivity index (χ0n) is 19.3. The highest BCUT2D eigenvalue weighted by Crippen LogP contribution is 2.27. The summed E-state index contributed by atoms with van der Waals surface area (Å²) in [5.74, 6) is 1.06. The number of para-hydroxylation sites is 1. The molecule has 2 N–H and O–H groups in total. The van der Waals surface area contributed by atoms with E-state index in [0.717, 1.165) is 31.6 Å². The van der Waals surface area contributed by atoms with Crippen molar-refractivity contribution in [3.05, 3.63) is 65.7 Å². The summed E-state index contributed by atoms with van der Waals surface area (Å²) in [4.78, 5) is 33.5. The average molecular weight is 448 g/mol. The van der Waals surface area contributed by atoms with Gasteiger partial charge >= 0.3 is 0 Å². The molecule has 2 amide bonds. The molecule has 1 atom stereocenters. The third-order valence-corrected chi connectivity index (χ3v) is 6.27. The minimum atomic E-state index is 0.000263. The molecule has 33 heavy (non-hydrogen) atoms. The van der Waals surface area contributed by atoms with Crippen LogP contribution in [0.25, 0.3) is 0 Å². The Hall–Kier alpha value is -3.35. The molecular weight excluding hydrogens is 414 g/mol. The Labute approximate surface area is 195 Å². The van der Waals surface area contributed by atoms with E-state index in [0.29, 0.717) is 32.0 Å². The predicted octanol–water partition coefficient (Wildman–Crippen LogP) is 2.22. The first-order chi connectivity index (χ1) is 16.1. The lowest BCUT2D eigenvalue weighted by Crippen LogP contribution is -2.41. The molecular formula is C26H33N5O2. The summed E-state index contributed by atoms with van der Waals surface area (Å²) in [5, 5.41) is 6.54. The maximum atomic E-state index is 12.8. The Morgan fingerprint density at radius 3 is 2.70 bits per heavy atom. The Morgan fingerprint density at radius 2 is 1.88 bits per heavy atom. The van der Waals surface area contributed by atoms with E-state index in [1.54, 1.807) is 0 Å². The number of likely N-dealkylation sites (tertiary alicyclic amines) is 1. The molecule has 0 saturated carbocycles. The molecule has 7 nitrogen and oxygen atoms in total. The van der Waals surface area contributed by atoms with Crippen molar-refractivity contribution in [3.8, 4) is 0 Å². The number of benzene rings is 2. The number of fused-ring (bicyclic) bond motifs is 1. The maximum absolute atomic E-state index is 12.8. The van der Waals surface area contributed by atoms with Gasteiger partial charge in [0.15, 0.2) is 5.96 Å². The molecule has 2 heterocycles. The number of guanidine groups is 1. The standard InChI is InChI=1S/C26H33N5O2/c1-2-27-26(29-18-25(33)31-15-13-22-10-6-7-11-23(22)31)28-17-21-16-24(32)30(19-21)14-12-20-8-4-3-5-9-20/h3-11,21H,2,12-19H2,1H3,(H2,27,28,29). The van der Waals surface area contributed by atoms with E-state index in [2.05, 4.69) is 33.8 Å². The zero-order chi connectivity index (χ0) is 23.0. The summed E-state index contributed by atoms with van der Waals surface area (Å²) in [6.07, 6.45) is 2.31. The summed E-state index contributed by atoms with van der Waals surface area (Å²) in [5.41, 5.74) is 3.46. The van der Waals surface area contributed by atoms with Gasteiger partial charge in [-0.25, -0.2) is 4.99 Å². The van der Waals surface area contributed by atoms with Crippen LogP contribution in [0.2, 0.25) is 0 Å². The number of carbonyl (C=O) groups excluding carboxylic acids is 2. The van der Waals surface area contributed by atoms with Gasteiger partial charge in [-0.1, -0.05) is 48.5 Å². The fourth-order valence-electron chi connectivity index (χ4n) is 4.53. The number of amides is 2. The van der Waals surface area contributed by atoms with Gasteiger partial charge in [0.2, 0.25) is 11.8 Å². The monoisotopic (exact) mass is 447 g/mol. The third-order valence-electron chi connectivity index (χ3n) is 6.27. The summed E-state index contributed by atoms with van der Waals surface area (Å²) in [6.45, 7) is 5.66. The Kier molecular flexibility index (Phi) is 7.60. The molecule has 4 rings (SSSR count). The third kappa shape index (κ3) is 5.92. The molecule has 7 heteroatoms. The van der Waals surface area contributed by atoms with Crippen LogP contribution in [-0.2, 0) is 22.4 Å². The Bertz CT molecular complexity index is 991. The van der Waals surface area contributed by atoms with E-state index >= 15 is 0 Å². The summed E-state index contributed by atoms with van der Waals surface area (Å²) in [6, 6.07) is 18.3. The number of aliphatic imine (C=N–C) groups is 1. The smallest absolute Gasteiger partial charge is 0.248 e. The van der Waals surface area contributed by atoms with Crippen LogP contribution in [0.4, 0.5) is 5.69 Å². The minimum absolute atomic E-state index is 0.000263. The van der Waals surface area contributed by atoms with E-state index in [1.807, 2.05) is 53.1 Å². The normalized spacial score (nSPS) is 17.9. The molecule has 174 valence electrons. The van der Waals surface area contributed by atoms with Crippen molar-refractivity contribution in [3.63, 3.8) is 0 Å². The fourth-order valence-corrected chi connectivity index (χ4v) is 4.53. The van der Waals surface area contributed by atoms with Gasteiger partial charge in [0.1, 0.15) is 6.54 Å². The van der Waals surface area contributed by atoms with Gasteiger partial charge in [0.25, 0.3) is 0 Å². The van der Waals surface area contributed by atoms with Gasteiger partial charge in [0, 0.05) is 50.7 Å². The van der Waals surface area contributed by atoms with Crippen molar-refractivity contribution in [1.29, 1.82) is 0 Å². The van der Waals surface area contributed by atoms with Gasteiger partial charge in [-0.05, 0) is 37.0 Å². The second-order valence-electron chi connectivity index (χ2n) is 8.65. The highest BCUT2D eigenvalue weighted by molar-refractivity contribution is 5.98. The summed E-state index contributed by atoms with van der Waals surface area (Å²) in [7, 11) is 0. The molecule has 2 aliphatic heterocycles. The van der Waals surface area contributed by atoms with Crippen LogP contribution in [0.1, 0.15) is 24.5 Å². The van der Waals surface area contributed by atoms with Gasteiger partial charge in [-0.15, -0.1) is 0 Å². The van der Waals surface area contributed by atoms with Gasteiger partial charge in [-0.2, -0.15) is 0 Å². The Balaban J connectivity index is 1.26. The largest absolute Gasteiger partial charge is 0.357 e. The maximum Gasteiger partial charge on any atom is 0.248 e. The van der Waals surface area contributed by atoms with E-state index < -0.39 is 0 Å². The predicted molar refractivity (Wildman–Crippen MR) is 131 cm³/mol. The van der Waals surface area contributed by atoms with E-state index in [-0.39, 0.29) is 24.3 Å². The number of carbonyl (C=O) groups is 2. The van der Waals surface area contributed by atoms with Crippen molar-refractivity contribution in [2.24, 2.45) is 10.9 Å². The zero-order valence-corrected chi connectivity index (χ0v) is 19.3. The van der Waals surface area contributed by atoms with Crippen molar-refractivity contribution in [2.45, 2.75) is 26.2 Å². The molecule has 0 aliphatic carbocycles. The highest BCUT2D eigenvalue weighted by Gasteiger charge is 2.29. The van der Waals surface area contributed by atoms with Crippen LogP contribution in [0.15, 0.2) is 59.6 Å². The lowest BCUT2D eigenvalue weighted by atomic mass is 10.1. The number of hydrogen-bond donors (Lipinski definition) is 2. The number of hydrogen-bond acceptors (Lipinski definition) is 3. The van der Waals surface area contributed by atoms with E-state index in [1.165, 1.54) is 11.1 Å². The SMILES string of the molecule is CCNC(=NCC(=O)N1CCc2ccccc21)NCC1CC(=O)N(CCc2ccccc2)C1. The first-order valence-corrected chi connectivity index (χ1v) is 11.9. The molecule has 1 saturated heterocycles. The lowest BCUT2D eigenvalue weighted by molar-refractivity contribution is -0.127. The summed E-state index contributed by atoms with van der Waals surface area (Å²) >= 11 is 0. The molecule has 0 spiro atoms. The second kappa shape index (κ2) is 11.0. The van der Waals surface area contributed by atoms with Crippen LogP contribution >= 0.6 is 0 Å². The van der Waals surface area contributed by atoms with Crippen molar-refractivity contribution < 1.29 is 9.59 Å². The van der Waals surface area contributed by atoms with Gasteiger partial charge in [-0.3, -0.25) is 9.59 Å². The van der Waals surface area contributed by atoms with Gasteiger partial charge < -0.3 is 20.4 Å². The average Bonchev–Trinajstić information content (AvgIpc) is 3.43. The van der Waals surface area contributed by atoms with Crippen LogP contribution in [0.5, 0.6) is 0 Å². The topological polar surface area (TPSA) is 77.0 Å². The number of nitrogens with zero attached hydrogens (tertiary/aromatic N) is 3. The number of rotatable bonds is 8. The van der Waals surface area contributed by atoms with Crippen molar-refractivity contribution >= 4 is 23.5 Å². The van der Waals surface area contributed by atoms with Gasteiger partial charge in [0.05, 0.1) is 0 Å². The van der Waals surface area contributed by atoms with Crippen molar-refractivity contribution in [1.82, 2.24) is 15.5 Å². The molecule has 0 bridgehead atoms. The van der Waals surface area contributed by atoms with Crippen LogP contribution < -0.4 is 15.5 Å². The first-order valence-electron chi connectivity index (χ1n) is 11.9. The number of anilines is 1. The highest BCUT2D eigenvalue weighted by atomic mass is 16.2. The quantitative estimate of drug-likeness (QED) is 0.481. The van der Waals surface area contributed by atoms with Crippen LogP contribution in [-0.4, -0.2) is 61.9 Å². The molecule has 1 fully saturated rings.